The van der Waals surface area contributed by atoms with E-state index in [0.717, 1.165) is 11.0 Å². The van der Waals surface area contributed by atoms with E-state index in [2.05, 4.69) is 0 Å². The van der Waals surface area contributed by atoms with Gasteiger partial charge in [-0.25, -0.2) is 4.79 Å². The van der Waals surface area contributed by atoms with E-state index in [1.54, 1.807) is 6.92 Å². The first-order valence-electron chi connectivity index (χ1n) is 12.1. The summed E-state index contributed by atoms with van der Waals surface area (Å²) in [4.78, 5) is 52.5. The van der Waals surface area contributed by atoms with Crippen LogP contribution in [0.25, 0.3) is 22.1 Å². The number of hydrogen-bond acceptors (Lipinski definition) is 6. The number of imide groups is 1. The van der Waals surface area contributed by atoms with E-state index in [0.29, 0.717) is 6.42 Å². The lowest BCUT2D eigenvalue weighted by molar-refractivity contribution is -0.152. The normalized spacial score (nSPS) is 14.0. The van der Waals surface area contributed by atoms with Crippen LogP contribution in [0, 0.1) is 0 Å². The standard InChI is InChI=1S/C29H19ClF3NO6/c1-3-14(2)34-26(36)19-10-6-16(12-21(19)27(34)37)28(38)39-18-9-11-20-22(13-18)40-25(29(31,32)33)23(24(20)35)15-4-7-17(30)8-5-15/h4-14H,3H2,1-2H3. The molecule has 0 N–H and O–H groups in total. The Morgan fingerprint density at radius 2 is 1.65 bits per heavy atom. The van der Waals surface area contributed by atoms with E-state index in [4.69, 9.17) is 20.8 Å². The molecule has 2 heterocycles. The van der Waals surface area contributed by atoms with Crippen molar-refractivity contribution in [3.63, 3.8) is 0 Å². The SMILES string of the molecule is CCC(C)N1C(=O)c2ccc(C(=O)Oc3ccc4c(=O)c(-c5ccc(Cl)cc5)c(C(F)(F)F)oc4c3)cc2C1=O. The average Bonchev–Trinajstić information content (AvgIpc) is 3.17. The van der Waals surface area contributed by atoms with Crippen molar-refractivity contribution in [3.8, 4) is 16.9 Å². The van der Waals surface area contributed by atoms with Gasteiger partial charge in [-0.05, 0) is 61.4 Å². The second-order valence-electron chi connectivity index (χ2n) is 9.19. The van der Waals surface area contributed by atoms with Gasteiger partial charge >= 0.3 is 12.1 Å². The number of carbonyl (C=O) groups is 3. The van der Waals surface area contributed by atoms with Gasteiger partial charge in [0.15, 0.2) is 0 Å². The Morgan fingerprint density at radius 1 is 0.975 bits per heavy atom. The molecule has 0 spiro atoms. The fraction of sp³-hybridized carbons (Fsp3) is 0.172. The molecule has 7 nitrogen and oxygen atoms in total. The summed E-state index contributed by atoms with van der Waals surface area (Å²) in [5.74, 6) is -3.63. The van der Waals surface area contributed by atoms with Gasteiger partial charge in [0.2, 0.25) is 11.2 Å². The van der Waals surface area contributed by atoms with Crippen molar-refractivity contribution in [2.75, 3.05) is 0 Å². The summed E-state index contributed by atoms with van der Waals surface area (Å²) in [5.41, 5.74) is -1.92. The van der Waals surface area contributed by atoms with Gasteiger partial charge in [0.25, 0.3) is 11.8 Å². The lowest BCUT2D eigenvalue weighted by atomic mass is 10.0. The number of amides is 2. The quantitative estimate of drug-likeness (QED) is 0.150. The number of rotatable bonds is 5. The molecule has 1 aromatic heterocycles. The van der Waals surface area contributed by atoms with Gasteiger partial charge < -0.3 is 9.15 Å². The highest BCUT2D eigenvalue weighted by Gasteiger charge is 2.40. The number of nitrogens with zero attached hydrogens (tertiary/aromatic N) is 1. The van der Waals surface area contributed by atoms with Gasteiger partial charge in [-0.15, -0.1) is 0 Å². The first-order chi connectivity index (χ1) is 18.9. The van der Waals surface area contributed by atoms with Crippen LogP contribution in [0.1, 0.15) is 57.1 Å². The van der Waals surface area contributed by atoms with E-state index in [-0.39, 0.29) is 44.5 Å². The largest absolute Gasteiger partial charge is 0.450 e. The van der Waals surface area contributed by atoms with Gasteiger partial charge in [-0.1, -0.05) is 30.7 Å². The highest BCUT2D eigenvalue weighted by molar-refractivity contribution is 6.30. The first-order valence-corrected chi connectivity index (χ1v) is 12.5. The highest BCUT2D eigenvalue weighted by atomic mass is 35.5. The Morgan fingerprint density at radius 3 is 2.30 bits per heavy atom. The topological polar surface area (TPSA) is 93.9 Å². The predicted molar refractivity (Wildman–Crippen MR) is 140 cm³/mol. The maximum absolute atomic E-state index is 13.9. The van der Waals surface area contributed by atoms with E-state index < -0.39 is 46.3 Å². The monoisotopic (exact) mass is 569 g/mol. The third-order valence-corrected chi connectivity index (χ3v) is 6.90. The van der Waals surface area contributed by atoms with Crippen molar-refractivity contribution in [2.45, 2.75) is 32.5 Å². The summed E-state index contributed by atoms with van der Waals surface area (Å²) >= 11 is 5.83. The molecule has 1 unspecified atom stereocenters. The molecular weight excluding hydrogens is 551 g/mol. The predicted octanol–water partition coefficient (Wildman–Crippen LogP) is 6.75. The molecule has 0 saturated carbocycles. The molecule has 0 radical (unpaired) electrons. The Balaban J connectivity index is 1.50. The Bertz CT molecular complexity index is 1760. The van der Waals surface area contributed by atoms with Crippen LogP contribution in [0.3, 0.4) is 0 Å². The van der Waals surface area contributed by atoms with Gasteiger partial charge in [0.05, 0.1) is 27.6 Å². The molecule has 3 aromatic carbocycles. The zero-order chi connectivity index (χ0) is 28.9. The second-order valence-corrected chi connectivity index (χ2v) is 9.62. The number of hydrogen-bond donors (Lipinski definition) is 0. The van der Waals surface area contributed by atoms with Crippen molar-refractivity contribution < 1.29 is 36.7 Å². The number of esters is 1. The third kappa shape index (κ3) is 4.64. The average molecular weight is 570 g/mol. The minimum atomic E-state index is -5.01. The van der Waals surface area contributed by atoms with Gasteiger partial charge in [0, 0.05) is 17.1 Å². The summed E-state index contributed by atoms with van der Waals surface area (Å²) in [6.07, 6.45) is -4.46. The van der Waals surface area contributed by atoms with Crippen molar-refractivity contribution in [1.82, 2.24) is 4.90 Å². The maximum Gasteiger partial charge on any atom is 0.450 e. The molecule has 1 atom stereocenters. The lowest BCUT2D eigenvalue weighted by Gasteiger charge is -2.20. The van der Waals surface area contributed by atoms with Crippen LogP contribution in [-0.4, -0.2) is 28.7 Å². The van der Waals surface area contributed by atoms with Crippen LogP contribution in [0.2, 0.25) is 5.02 Å². The molecule has 4 aromatic rings. The van der Waals surface area contributed by atoms with Crippen LogP contribution in [0.15, 0.2) is 69.9 Å². The molecule has 40 heavy (non-hydrogen) atoms. The van der Waals surface area contributed by atoms with E-state index in [1.807, 2.05) is 6.92 Å². The molecule has 0 fully saturated rings. The lowest BCUT2D eigenvalue weighted by Crippen LogP contribution is -2.37. The second kappa shape index (κ2) is 9.95. The van der Waals surface area contributed by atoms with Crippen molar-refractivity contribution in [2.24, 2.45) is 0 Å². The van der Waals surface area contributed by atoms with Crippen LogP contribution in [0.4, 0.5) is 13.2 Å². The molecule has 2 amide bonds. The van der Waals surface area contributed by atoms with Gasteiger partial charge in [0.1, 0.15) is 11.3 Å². The summed E-state index contributed by atoms with van der Waals surface area (Å²) < 4.78 is 52.2. The zero-order valence-electron chi connectivity index (χ0n) is 21.0. The molecular formula is C29H19ClF3NO6. The molecule has 5 rings (SSSR count). The Labute approximate surface area is 229 Å². The number of benzene rings is 3. The van der Waals surface area contributed by atoms with E-state index >= 15 is 0 Å². The van der Waals surface area contributed by atoms with Gasteiger partial charge in [-0.2, -0.15) is 13.2 Å². The zero-order valence-corrected chi connectivity index (χ0v) is 21.7. The number of halogens is 4. The number of fused-ring (bicyclic) bond motifs is 2. The summed E-state index contributed by atoms with van der Waals surface area (Å²) in [6, 6.07) is 12.3. The first kappa shape index (κ1) is 27.1. The fourth-order valence-corrected chi connectivity index (χ4v) is 4.58. The number of alkyl halides is 3. The van der Waals surface area contributed by atoms with Crippen molar-refractivity contribution >= 4 is 40.4 Å². The minimum absolute atomic E-state index is 0.0283. The molecule has 0 bridgehead atoms. The summed E-state index contributed by atoms with van der Waals surface area (Å²) in [5, 5.41) is 0.116. The number of ether oxygens (including phenoxy) is 1. The fourth-order valence-electron chi connectivity index (χ4n) is 4.45. The highest BCUT2D eigenvalue weighted by Crippen LogP contribution is 2.38. The van der Waals surface area contributed by atoms with Crippen LogP contribution in [-0.2, 0) is 6.18 Å². The van der Waals surface area contributed by atoms with Crippen LogP contribution >= 0.6 is 11.6 Å². The Kier molecular flexibility index (Phi) is 6.75. The molecule has 11 heteroatoms. The van der Waals surface area contributed by atoms with E-state index in [1.165, 1.54) is 54.6 Å². The smallest absolute Gasteiger partial charge is 0.450 e. The van der Waals surface area contributed by atoms with Crippen LogP contribution < -0.4 is 10.2 Å². The Hall–Kier alpha value is -4.44. The summed E-state index contributed by atoms with van der Waals surface area (Å²) in [6.45, 7) is 3.57. The molecule has 1 aliphatic rings. The molecule has 1 aliphatic heterocycles. The van der Waals surface area contributed by atoms with Gasteiger partial charge in [-0.3, -0.25) is 19.3 Å². The summed E-state index contributed by atoms with van der Waals surface area (Å²) in [7, 11) is 0. The third-order valence-electron chi connectivity index (χ3n) is 6.65. The van der Waals surface area contributed by atoms with Crippen LogP contribution in [0.5, 0.6) is 5.75 Å². The number of carbonyl (C=O) groups excluding carboxylic acids is 3. The molecule has 0 saturated heterocycles. The van der Waals surface area contributed by atoms with E-state index in [9.17, 15) is 32.3 Å². The minimum Gasteiger partial charge on any atom is -0.450 e. The maximum atomic E-state index is 13.9. The molecule has 0 aliphatic carbocycles. The van der Waals surface area contributed by atoms with Crippen molar-refractivity contribution in [3.05, 3.63) is 98.4 Å². The van der Waals surface area contributed by atoms with Crippen molar-refractivity contribution in [1.29, 1.82) is 0 Å². The molecule has 204 valence electrons.